The van der Waals surface area contributed by atoms with Crippen LogP contribution in [0.5, 0.6) is 5.88 Å². The van der Waals surface area contributed by atoms with E-state index in [0.29, 0.717) is 87.6 Å². The Bertz CT molecular complexity index is 2340. The van der Waals surface area contributed by atoms with Crippen LogP contribution in [0.15, 0.2) is 60.9 Å². The smallest absolute Gasteiger partial charge is 0.410 e. The number of methoxy groups -OCH3 is 1. The maximum atomic E-state index is 13.3. The Kier molecular flexibility index (Phi) is 11.7. The molecule has 0 unspecified atom stereocenters. The molecule has 0 aliphatic carbocycles. The van der Waals surface area contributed by atoms with Crippen molar-refractivity contribution in [2.24, 2.45) is 7.05 Å². The summed E-state index contributed by atoms with van der Waals surface area (Å²) >= 11 is 14.3. The summed E-state index contributed by atoms with van der Waals surface area (Å²) in [6, 6.07) is 15.0. The zero-order chi connectivity index (χ0) is 40.4. The summed E-state index contributed by atoms with van der Waals surface area (Å²) in [4.78, 5) is 52.9. The highest BCUT2D eigenvalue weighted by Crippen LogP contribution is 2.42. The third kappa shape index (κ3) is 9.01. The first kappa shape index (κ1) is 40.0. The van der Waals surface area contributed by atoms with Gasteiger partial charge in [0.2, 0.25) is 17.7 Å². The van der Waals surface area contributed by atoms with Gasteiger partial charge in [0.15, 0.2) is 5.82 Å². The predicted octanol–water partition coefficient (Wildman–Crippen LogP) is 7.06. The lowest BCUT2D eigenvalue weighted by Crippen LogP contribution is -2.43. The molecule has 2 aliphatic heterocycles. The lowest BCUT2D eigenvalue weighted by Gasteiger charge is -2.29. The van der Waals surface area contributed by atoms with E-state index < -0.39 is 11.7 Å². The number of carbonyl (C=O) groups is 3. The van der Waals surface area contributed by atoms with Crippen LogP contribution >= 0.6 is 23.2 Å². The molecule has 298 valence electrons. The van der Waals surface area contributed by atoms with Gasteiger partial charge in [0, 0.05) is 97.2 Å². The Hall–Kier alpha value is -5.24. The van der Waals surface area contributed by atoms with Crippen molar-refractivity contribution in [3.63, 3.8) is 0 Å². The van der Waals surface area contributed by atoms with Crippen molar-refractivity contribution < 1.29 is 23.9 Å². The molecule has 15 heteroatoms. The molecule has 7 rings (SSSR count). The van der Waals surface area contributed by atoms with Gasteiger partial charge >= 0.3 is 6.09 Å². The average molecular weight is 814 g/mol. The van der Waals surface area contributed by atoms with E-state index in [9.17, 15) is 14.4 Å². The Morgan fingerprint density at radius 2 is 1.56 bits per heavy atom. The van der Waals surface area contributed by atoms with Crippen molar-refractivity contribution >= 4 is 52.1 Å². The zero-order valence-corrected chi connectivity index (χ0v) is 34.1. The van der Waals surface area contributed by atoms with Gasteiger partial charge in [0.25, 0.3) is 0 Å². The molecule has 57 heavy (non-hydrogen) atoms. The molecule has 0 bridgehead atoms. The van der Waals surface area contributed by atoms with Crippen molar-refractivity contribution in [1.29, 1.82) is 0 Å². The number of benzene rings is 2. The Morgan fingerprint density at radius 3 is 2.21 bits per heavy atom. The SMILES string of the molecule is COc1nc(-c2cccc(-c3cccc(-c4ncc5c(CNC[C@@H]6CCC(=O)N6)cn(C)c5n4)c3Cl)c2Cl)ccc1CN(C[C@@H]1CCC(=O)N1)C(=O)OC(C)(C)C. The lowest BCUT2D eigenvalue weighted by atomic mass is 9.99. The van der Waals surface area contributed by atoms with Gasteiger partial charge in [-0.05, 0) is 57.4 Å². The number of fused-ring (bicyclic) bond motifs is 1. The molecule has 2 atom stereocenters. The van der Waals surface area contributed by atoms with E-state index in [-0.39, 0.29) is 37.0 Å². The fraction of sp³-hybridized carbons (Fsp3) is 0.381. The first-order valence-electron chi connectivity index (χ1n) is 19.0. The number of pyridine rings is 1. The second-order valence-electron chi connectivity index (χ2n) is 15.5. The van der Waals surface area contributed by atoms with E-state index in [2.05, 4.69) is 16.0 Å². The van der Waals surface area contributed by atoms with Crippen molar-refractivity contribution in [2.45, 2.75) is 77.2 Å². The topological polar surface area (TPSA) is 153 Å². The summed E-state index contributed by atoms with van der Waals surface area (Å²) in [5.74, 6) is 0.875. The van der Waals surface area contributed by atoms with Crippen molar-refractivity contribution in [1.82, 2.24) is 40.4 Å². The quantitative estimate of drug-likeness (QED) is 0.120. The van der Waals surface area contributed by atoms with Gasteiger partial charge in [-0.2, -0.15) is 0 Å². The van der Waals surface area contributed by atoms with Gasteiger partial charge in [0.05, 0.1) is 29.4 Å². The Balaban J connectivity index is 1.13. The average Bonchev–Trinajstić information content (AvgIpc) is 3.88. The highest BCUT2D eigenvalue weighted by molar-refractivity contribution is 6.39. The second-order valence-corrected chi connectivity index (χ2v) is 16.2. The fourth-order valence-corrected chi connectivity index (χ4v) is 7.93. The minimum Gasteiger partial charge on any atom is -0.481 e. The molecular formula is C42H46Cl2N8O5. The molecule has 13 nitrogen and oxygen atoms in total. The monoisotopic (exact) mass is 812 g/mol. The molecule has 2 aromatic carbocycles. The van der Waals surface area contributed by atoms with Gasteiger partial charge in [-0.25, -0.2) is 19.7 Å². The molecule has 3 amide bonds. The summed E-state index contributed by atoms with van der Waals surface area (Å²) in [6.45, 7) is 7.19. The summed E-state index contributed by atoms with van der Waals surface area (Å²) in [5, 5.41) is 11.2. The van der Waals surface area contributed by atoms with E-state index >= 15 is 0 Å². The molecule has 2 fully saturated rings. The van der Waals surface area contributed by atoms with Crippen LogP contribution in [0.2, 0.25) is 10.0 Å². The summed E-state index contributed by atoms with van der Waals surface area (Å²) in [5.41, 5.74) is 5.09. The maximum absolute atomic E-state index is 13.3. The minimum absolute atomic E-state index is 0.0333. The third-order valence-electron chi connectivity index (χ3n) is 10.1. The molecule has 5 aromatic rings. The lowest BCUT2D eigenvalue weighted by molar-refractivity contribution is -0.120. The highest BCUT2D eigenvalue weighted by atomic mass is 35.5. The van der Waals surface area contributed by atoms with Crippen LogP contribution in [0.3, 0.4) is 0 Å². The normalized spacial score (nSPS) is 16.8. The second kappa shape index (κ2) is 16.7. The van der Waals surface area contributed by atoms with Gasteiger partial charge in [0.1, 0.15) is 11.2 Å². The van der Waals surface area contributed by atoms with Gasteiger partial charge < -0.3 is 34.9 Å². The van der Waals surface area contributed by atoms with Crippen molar-refractivity contribution in [3.05, 3.63) is 82.1 Å². The number of ether oxygens (including phenoxy) is 2. The van der Waals surface area contributed by atoms with E-state index in [4.69, 9.17) is 47.6 Å². The molecule has 2 aliphatic rings. The molecule has 0 spiro atoms. The van der Waals surface area contributed by atoms with E-state index in [1.165, 1.54) is 7.11 Å². The van der Waals surface area contributed by atoms with Crippen LogP contribution in [0.4, 0.5) is 4.79 Å². The number of aryl methyl sites for hydroxylation is 1. The number of carbonyl (C=O) groups excluding carboxylic acids is 3. The van der Waals surface area contributed by atoms with Gasteiger partial charge in [-0.3, -0.25) is 9.59 Å². The van der Waals surface area contributed by atoms with Crippen LogP contribution in [0.1, 0.15) is 57.6 Å². The van der Waals surface area contributed by atoms with E-state index in [0.717, 1.165) is 23.0 Å². The number of rotatable bonds is 12. The van der Waals surface area contributed by atoms with E-state index in [1.54, 1.807) is 4.90 Å². The molecule has 0 radical (unpaired) electrons. The number of halogens is 2. The van der Waals surface area contributed by atoms with E-state index in [1.807, 2.05) is 93.3 Å². The molecule has 0 saturated carbocycles. The number of nitrogens with zero attached hydrogens (tertiary/aromatic N) is 5. The summed E-state index contributed by atoms with van der Waals surface area (Å²) in [6.07, 6.45) is 5.83. The predicted molar refractivity (Wildman–Crippen MR) is 220 cm³/mol. The van der Waals surface area contributed by atoms with Crippen LogP contribution in [0.25, 0.3) is 44.8 Å². The number of hydrogen-bond acceptors (Lipinski definition) is 9. The van der Waals surface area contributed by atoms with Gasteiger partial charge in [-0.1, -0.05) is 53.5 Å². The Labute approximate surface area is 341 Å². The number of amides is 3. The summed E-state index contributed by atoms with van der Waals surface area (Å²) in [7, 11) is 3.48. The largest absolute Gasteiger partial charge is 0.481 e. The van der Waals surface area contributed by atoms with Crippen LogP contribution in [0, 0.1) is 0 Å². The van der Waals surface area contributed by atoms with Crippen LogP contribution < -0.4 is 20.7 Å². The standard InChI is InChI=1S/C42H46Cl2N8O5/c1-42(2,3)57-41(55)52(23-27-14-17-35(54)48-27)22-24-12-15-33(49-40(24)56-5)30-10-6-8-28(36(30)43)29-9-7-11-31(37(29)44)38-46-20-32-25(21-51(4)39(32)50-38)18-45-19-26-13-16-34(53)47-26/h6-12,15,20-21,26-27,45H,13-14,16-19,22-23H2,1-5H3,(H,47,53)(H,48,54)/t26-,27-/m0/s1. The number of nitrogens with one attached hydrogen (secondary N) is 3. The molecule has 2 saturated heterocycles. The third-order valence-corrected chi connectivity index (χ3v) is 10.9. The number of hydrogen-bond donors (Lipinski definition) is 3. The molecule has 3 N–H and O–H groups in total. The summed E-state index contributed by atoms with van der Waals surface area (Å²) < 4.78 is 13.4. The molecule has 3 aromatic heterocycles. The van der Waals surface area contributed by atoms with Crippen molar-refractivity contribution in [2.75, 3.05) is 20.2 Å². The van der Waals surface area contributed by atoms with Crippen LogP contribution in [-0.4, -0.2) is 80.2 Å². The molecular weight excluding hydrogens is 767 g/mol. The Morgan fingerprint density at radius 1 is 0.912 bits per heavy atom. The fourth-order valence-electron chi connectivity index (χ4n) is 7.30. The van der Waals surface area contributed by atoms with Crippen molar-refractivity contribution in [3.8, 4) is 39.7 Å². The molecule has 5 heterocycles. The highest BCUT2D eigenvalue weighted by Gasteiger charge is 2.30. The zero-order valence-electron chi connectivity index (χ0n) is 32.6. The minimum atomic E-state index is -0.702. The number of aromatic nitrogens is 4. The van der Waals surface area contributed by atoms with Gasteiger partial charge in [-0.15, -0.1) is 0 Å². The maximum Gasteiger partial charge on any atom is 0.410 e. The first-order valence-corrected chi connectivity index (χ1v) is 19.7. The first-order chi connectivity index (χ1) is 27.3. The van der Waals surface area contributed by atoms with Crippen LogP contribution in [-0.2, 0) is 34.5 Å².